The lowest BCUT2D eigenvalue weighted by Gasteiger charge is -2.15. The molecule has 1 rings (SSSR count). The van der Waals surface area contributed by atoms with Gasteiger partial charge in [-0.15, -0.1) is 0 Å². The number of hydrogen-bond acceptors (Lipinski definition) is 3. The van der Waals surface area contributed by atoms with E-state index in [1.54, 1.807) is 7.11 Å². The average Bonchev–Trinajstić information content (AvgIpc) is 2.67. The van der Waals surface area contributed by atoms with E-state index in [1.165, 1.54) is 19.3 Å². The Kier molecular flexibility index (Phi) is 6.42. The standard InChI is InChI=1S/C12H23NO3/c1-10-4-3-5-11(10)8-13-12(14)9-16-7-6-15-2/h10-11H,3-9H2,1-2H3,(H,13,14). The van der Waals surface area contributed by atoms with Crippen LogP contribution in [0.4, 0.5) is 0 Å². The Balaban J connectivity index is 2.01. The van der Waals surface area contributed by atoms with Crippen LogP contribution in [0.15, 0.2) is 0 Å². The normalized spacial score (nSPS) is 24.6. The van der Waals surface area contributed by atoms with Crippen LogP contribution in [0.2, 0.25) is 0 Å². The monoisotopic (exact) mass is 229 g/mol. The Hall–Kier alpha value is -0.610. The van der Waals surface area contributed by atoms with Gasteiger partial charge in [-0.2, -0.15) is 0 Å². The maximum atomic E-state index is 11.4. The van der Waals surface area contributed by atoms with Crippen molar-refractivity contribution in [1.29, 1.82) is 0 Å². The molecule has 1 saturated carbocycles. The summed E-state index contributed by atoms with van der Waals surface area (Å²) in [4.78, 5) is 11.4. The van der Waals surface area contributed by atoms with Gasteiger partial charge in [-0.1, -0.05) is 19.8 Å². The lowest BCUT2D eigenvalue weighted by atomic mass is 9.98. The number of carbonyl (C=O) groups excluding carboxylic acids is 1. The molecule has 2 atom stereocenters. The quantitative estimate of drug-likeness (QED) is 0.667. The molecule has 4 heteroatoms. The highest BCUT2D eigenvalue weighted by Crippen LogP contribution is 2.30. The molecule has 2 unspecified atom stereocenters. The van der Waals surface area contributed by atoms with Gasteiger partial charge in [-0.05, 0) is 18.3 Å². The van der Waals surface area contributed by atoms with Gasteiger partial charge in [0.1, 0.15) is 6.61 Å². The number of amides is 1. The number of carbonyl (C=O) groups is 1. The van der Waals surface area contributed by atoms with Crippen LogP contribution in [-0.4, -0.2) is 39.4 Å². The maximum absolute atomic E-state index is 11.4. The summed E-state index contributed by atoms with van der Waals surface area (Å²) in [5.74, 6) is 1.38. The van der Waals surface area contributed by atoms with E-state index in [-0.39, 0.29) is 12.5 Å². The van der Waals surface area contributed by atoms with Crippen molar-refractivity contribution >= 4 is 5.91 Å². The van der Waals surface area contributed by atoms with Crippen LogP contribution in [0.5, 0.6) is 0 Å². The summed E-state index contributed by atoms with van der Waals surface area (Å²) in [5, 5.41) is 2.93. The first-order chi connectivity index (χ1) is 7.74. The fourth-order valence-corrected chi connectivity index (χ4v) is 2.13. The first-order valence-electron chi connectivity index (χ1n) is 6.07. The van der Waals surface area contributed by atoms with Gasteiger partial charge in [0.05, 0.1) is 13.2 Å². The van der Waals surface area contributed by atoms with E-state index in [0.717, 1.165) is 12.5 Å². The molecule has 1 fully saturated rings. The molecule has 16 heavy (non-hydrogen) atoms. The predicted octanol–water partition coefficient (Wildman–Crippen LogP) is 1.20. The molecule has 4 nitrogen and oxygen atoms in total. The molecule has 1 N–H and O–H groups in total. The Labute approximate surface area is 97.7 Å². The molecule has 1 aliphatic rings. The molecule has 0 spiro atoms. The van der Waals surface area contributed by atoms with Crippen molar-refractivity contribution in [1.82, 2.24) is 5.32 Å². The minimum Gasteiger partial charge on any atom is -0.382 e. The van der Waals surface area contributed by atoms with Crippen LogP contribution in [-0.2, 0) is 14.3 Å². The van der Waals surface area contributed by atoms with Crippen LogP contribution in [0, 0.1) is 11.8 Å². The number of rotatable bonds is 7. The zero-order valence-corrected chi connectivity index (χ0v) is 10.3. The van der Waals surface area contributed by atoms with E-state index in [4.69, 9.17) is 9.47 Å². The second kappa shape index (κ2) is 7.63. The Morgan fingerprint density at radius 3 is 2.81 bits per heavy atom. The fourth-order valence-electron chi connectivity index (χ4n) is 2.13. The number of hydrogen-bond donors (Lipinski definition) is 1. The summed E-state index contributed by atoms with van der Waals surface area (Å²) >= 11 is 0. The second-order valence-corrected chi connectivity index (χ2v) is 4.52. The molecule has 94 valence electrons. The molecule has 0 bridgehead atoms. The van der Waals surface area contributed by atoms with Gasteiger partial charge in [-0.3, -0.25) is 4.79 Å². The molecule has 0 aromatic heterocycles. The SMILES string of the molecule is COCCOCC(=O)NCC1CCCC1C. The molecule has 0 heterocycles. The number of nitrogens with one attached hydrogen (secondary N) is 1. The smallest absolute Gasteiger partial charge is 0.246 e. The minimum atomic E-state index is -0.0183. The van der Waals surface area contributed by atoms with Crippen molar-refractivity contribution in [3.63, 3.8) is 0 Å². The topological polar surface area (TPSA) is 47.6 Å². The van der Waals surface area contributed by atoms with Crippen LogP contribution < -0.4 is 5.32 Å². The van der Waals surface area contributed by atoms with Gasteiger partial charge in [-0.25, -0.2) is 0 Å². The van der Waals surface area contributed by atoms with Crippen LogP contribution in [0.1, 0.15) is 26.2 Å². The molecule has 1 amide bonds. The van der Waals surface area contributed by atoms with Crippen molar-refractivity contribution in [2.24, 2.45) is 11.8 Å². The lowest BCUT2D eigenvalue weighted by molar-refractivity contribution is -0.126. The molecule has 0 aromatic rings. The van der Waals surface area contributed by atoms with Crippen molar-refractivity contribution in [2.45, 2.75) is 26.2 Å². The lowest BCUT2D eigenvalue weighted by Crippen LogP contribution is -2.33. The van der Waals surface area contributed by atoms with Gasteiger partial charge < -0.3 is 14.8 Å². The Bertz CT molecular complexity index is 208. The maximum Gasteiger partial charge on any atom is 0.246 e. The predicted molar refractivity (Wildman–Crippen MR) is 62.2 cm³/mol. The molecule has 0 aliphatic heterocycles. The third-order valence-electron chi connectivity index (χ3n) is 3.27. The van der Waals surface area contributed by atoms with Crippen molar-refractivity contribution in [3.05, 3.63) is 0 Å². The number of ether oxygens (including phenoxy) is 2. The first-order valence-corrected chi connectivity index (χ1v) is 6.07. The van der Waals surface area contributed by atoms with E-state index in [0.29, 0.717) is 19.1 Å². The summed E-state index contributed by atoms with van der Waals surface area (Å²) < 4.78 is 9.96. The summed E-state index contributed by atoms with van der Waals surface area (Å²) in [6.07, 6.45) is 3.84. The van der Waals surface area contributed by atoms with Gasteiger partial charge in [0, 0.05) is 13.7 Å². The zero-order valence-electron chi connectivity index (χ0n) is 10.3. The van der Waals surface area contributed by atoms with E-state index in [9.17, 15) is 4.79 Å². The van der Waals surface area contributed by atoms with Gasteiger partial charge in [0.15, 0.2) is 0 Å². The largest absolute Gasteiger partial charge is 0.382 e. The van der Waals surface area contributed by atoms with E-state index >= 15 is 0 Å². The Morgan fingerprint density at radius 1 is 1.38 bits per heavy atom. The summed E-state index contributed by atoms with van der Waals surface area (Å²) in [5.41, 5.74) is 0. The fraction of sp³-hybridized carbons (Fsp3) is 0.917. The highest BCUT2D eigenvalue weighted by atomic mass is 16.5. The third kappa shape index (κ3) is 4.94. The molecular weight excluding hydrogens is 206 g/mol. The number of methoxy groups -OCH3 is 1. The summed E-state index contributed by atoms with van der Waals surface area (Å²) in [6.45, 7) is 4.22. The van der Waals surface area contributed by atoms with Crippen LogP contribution in [0.3, 0.4) is 0 Å². The van der Waals surface area contributed by atoms with E-state index < -0.39 is 0 Å². The molecular formula is C12H23NO3. The summed E-state index contributed by atoms with van der Waals surface area (Å²) in [6, 6.07) is 0. The van der Waals surface area contributed by atoms with Gasteiger partial charge in [0.2, 0.25) is 5.91 Å². The van der Waals surface area contributed by atoms with Crippen molar-refractivity contribution in [2.75, 3.05) is 33.5 Å². The van der Waals surface area contributed by atoms with E-state index in [1.807, 2.05) is 0 Å². The minimum absolute atomic E-state index is 0.0183. The first kappa shape index (κ1) is 13.5. The highest BCUT2D eigenvalue weighted by molar-refractivity contribution is 5.77. The molecule has 1 aliphatic carbocycles. The highest BCUT2D eigenvalue weighted by Gasteiger charge is 2.23. The molecule has 0 saturated heterocycles. The van der Waals surface area contributed by atoms with Gasteiger partial charge in [0.25, 0.3) is 0 Å². The third-order valence-corrected chi connectivity index (χ3v) is 3.27. The average molecular weight is 229 g/mol. The van der Waals surface area contributed by atoms with Crippen molar-refractivity contribution in [3.8, 4) is 0 Å². The summed E-state index contributed by atoms with van der Waals surface area (Å²) in [7, 11) is 1.62. The second-order valence-electron chi connectivity index (χ2n) is 4.52. The Morgan fingerprint density at radius 2 is 2.19 bits per heavy atom. The zero-order chi connectivity index (χ0) is 11.8. The van der Waals surface area contributed by atoms with Crippen molar-refractivity contribution < 1.29 is 14.3 Å². The molecule has 0 aromatic carbocycles. The van der Waals surface area contributed by atoms with Gasteiger partial charge >= 0.3 is 0 Å². The van der Waals surface area contributed by atoms with Crippen LogP contribution >= 0.6 is 0 Å². The van der Waals surface area contributed by atoms with E-state index in [2.05, 4.69) is 12.2 Å². The molecule has 0 radical (unpaired) electrons. The van der Waals surface area contributed by atoms with Crippen LogP contribution in [0.25, 0.3) is 0 Å².